The summed E-state index contributed by atoms with van der Waals surface area (Å²) in [5.41, 5.74) is 5.98. The van der Waals surface area contributed by atoms with Gasteiger partial charge in [0, 0.05) is 21.3 Å². The van der Waals surface area contributed by atoms with Crippen LogP contribution in [0.2, 0.25) is 0 Å². The lowest BCUT2D eigenvalue weighted by Crippen LogP contribution is -2.19. The molecule has 1 aromatic carbocycles. The van der Waals surface area contributed by atoms with E-state index >= 15 is 0 Å². The van der Waals surface area contributed by atoms with Crippen LogP contribution in [0.5, 0.6) is 0 Å². The van der Waals surface area contributed by atoms with Crippen molar-refractivity contribution in [2.24, 2.45) is 5.10 Å². The number of carbonyl (C=O) groups excluding carboxylic acids is 1. The summed E-state index contributed by atoms with van der Waals surface area (Å²) in [6.07, 6.45) is 4.55. The maximum absolute atomic E-state index is 12.0. The van der Waals surface area contributed by atoms with Gasteiger partial charge in [0.1, 0.15) is 0 Å². The molecule has 2 N–H and O–H groups in total. The smallest absolute Gasteiger partial charge is 0.281 e. The number of carbonyl (C=O) groups is 1. The van der Waals surface area contributed by atoms with E-state index in [-0.39, 0.29) is 5.91 Å². The lowest BCUT2D eigenvalue weighted by Gasteiger charge is -1.99. The number of hydrazone groups is 1. The molecule has 6 heteroatoms. The van der Waals surface area contributed by atoms with Crippen molar-refractivity contribution in [3.05, 3.63) is 51.3 Å². The molecule has 20 heavy (non-hydrogen) atoms. The third-order valence-corrected chi connectivity index (χ3v) is 4.02. The van der Waals surface area contributed by atoms with Crippen LogP contribution in [0, 0.1) is 0 Å². The standard InChI is InChI=1S/C14H13BrN4O/c15-11-6-2-1-4-9(11)8-16-19-14(20)13-10-5-3-7-12(10)17-18-13/h1-2,4,6,8H,3,5,7H2,(H,17,18)(H,19,20)/b16-8+. The van der Waals surface area contributed by atoms with Crippen molar-refractivity contribution in [2.75, 3.05) is 0 Å². The Morgan fingerprint density at radius 2 is 2.25 bits per heavy atom. The number of nitrogens with one attached hydrogen (secondary N) is 2. The zero-order valence-electron chi connectivity index (χ0n) is 10.7. The normalized spacial score (nSPS) is 13.7. The number of aromatic nitrogens is 2. The summed E-state index contributed by atoms with van der Waals surface area (Å²) in [6, 6.07) is 7.66. The SMILES string of the molecule is O=C(N/N=C/c1ccccc1Br)c1n[nH]c2c1CCC2. The zero-order valence-corrected chi connectivity index (χ0v) is 12.3. The summed E-state index contributed by atoms with van der Waals surface area (Å²) in [5.74, 6) is -0.271. The lowest BCUT2D eigenvalue weighted by atomic mass is 10.2. The molecule has 1 aromatic heterocycles. The Morgan fingerprint density at radius 1 is 1.40 bits per heavy atom. The van der Waals surface area contributed by atoms with E-state index in [1.165, 1.54) is 0 Å². The minimum atomic E-state index is -0.271. The van der Waals surface area contributed by atoms with Crippen LogP contribution in [-0.4, -0.2) is 22.3 Å². The van der Waals surface area contributed by atoms with Gasteiger partial charge in [0.25, 0.3) is 5.91 Å². The number of halogens is 1. The van der Waals surface area contributed by atoms with Gasteiger partial charge in [0.05, 0.1) is 6.21 Å². The van der Waals surface area contributed by atoms with Crippen molar-refractivity contribution in [1.82, 2.24) is 15.6 Å². The fourth-order valence-corrected chi connectivity index (χ4v) is 2.69. The molecule has 0 bridgehead atoms. The van der Waals surface area contributed by atoms with Crippen LogP contribution >= 0.6 is 15.9 Å². The summed E-state index contributed by atoms with van der Waals surface area (Å²) in [6.45, 7) is 0. The van der Waals surface area contributed by atoms with E-state index in [4.69, 9.17) is 0 Å². The van der Waals surface area contributed by atoms with Gasteiger partial charge in [-0.3, -0.25) is 9.89 Å². The number of hydrogen-bond acceptors (Lipinski definition) is 3. The number of benzene rings is 1. The molecule has 0 saturated heterocycles. The van der Waals surface area contributed by atoms with Crippen molar-refractivity contribution < 1.29 is 4.79 Å². The second-order valence-electron chi connectivity index (χ2n) is 4.60. The van der Waals surface area contributed by atoms with Gasteiger partial charge >= 0.3 is 0 Å². The maximum atomic E-state index is 12.0. The Hall–Kier alpha value is -1.95. The van der Waals surface area contributed by atoms with Gasteiger partial charge < -0.3 is 0 Å². The summed E-state index contributed by atoms with van der Waals surface area (Å²) < 4.78 is 0.929. The minimum Gasteiger partial charge on any atom is -0.281 e. The van der Waals surface area contributed by atoms with Crippen LogP contribution in [0.15, 0.2) is 33.8 Å². The molecular formula is C14H13BrN4O. The molecule has 1 heterocycles. The Balaban J connectivity index is 1.69. The fraction of sp³-hybridized carbons (Fsp3) is 0.214. The van der Waals surface area contributed by atoms with E-state index in [2.05, 4.69) is 36.7 Å². The second-order valence-corrected chi connectivity index (χ2v) is 5.46. The number of aryl methyl sites for hydroxylation is 1. The first-order valence-corrected chi connectivity index (χ1v) is 7.19. The number of amides is 1. The highest BCUT2D eigenvalue weighted by Crippen LogP contribution is 2.22. The lowest BCUT2D eigenvalue weighted by molar-refractivity contribution is 0.0949. The summed E-state index contributed by atoms with van der Waals surface area (Å²) in [4.78, 5) is 12.0. The largest absolute Gasteiger partial charge is 0.292 e. The highest BCUT2D eigenvalue weighted by Gasteiger charge is 2.22. The van der Waals surface area contributed by atoms with Crippen LogP contribution in [0.4, 0.5) is 0 Å². The van der Waals surface area contributed by atoms with Crippen LogP contribution in [0.1, 0.15) is 33.7 Å². The molecule has 5 nitrogen and oxygen atoms in total. The van der Waals surface area contributed by atoms with Gasteiger partial charge in [-0.15, -0.1) is 0 Å². The minimum absolute atomic E-state index is 0.271. The maximum Gasteiger partial charge on any atom is 0.292 e. The quantitative estimate of drug-likeness (QED) is 0.669. The van der Waals surface area contributed by atoms with Gasteiger partial charge in [0.2, 0.25) is 0 Å². The van der Waals surface area contributed by atoms with Gasteiger partial charge in [-0.2, -0.15) is 10.2 Å². The summed E-state index contributed by atoms with van der Waals surface area (Å²) >= 11 is 3.42. The van der Waals surface area contributed by atoms with E-state index < -0.39 is 0 Å². The second kappa shape index (κ2) is 5.58. The van der Waals surface area contributed by atoms with Crippen molar-refractivity contribution >= 4 is 28.1 Å². The Bertz CT molecular complexity index is 678. The molecule has 0 radical (unpaired) electrons. The average Bonchev–Trinajstić information content (AvgIpc) is 3.03. The summed E-state index contributed by atoms with van der Waals surface area (Å²) in [7, 11) is 0. The molecule has 0 fully saturated rings. The molecule has 0 aliphatic heterocycles. The number of aromatic amines is 1. The number of nitrogens with zero attached hydrogens (tertiary/aromatic N) is 2. The van der Waals surface area contributed by atoms with Crippen LogP contribution in [0.3, 0.4) is 0 Å². The number of hydrogen-bond donors (Lipinski definition) is 2. The number of fused-ring (bicyclic) bond motifs is 1. The fourth-order valence-electron chi connectivity index (χ4n) is 2.30. The van der Waals surface area contributed by atoms with E-state index in [0.717, 1.165) is 40.6 Å². The Labute approximate surface area is 124 Å². The molecule has 0 unspecified atom stereocenters. The first-order valence-electron chi connectivity index (χ1n) is 6.40. The van der Waals surface area contributed by atoms with Gasteiger partial charge in [-0.25, -0.2) is 5.43 Å². The van der Waals surface area contributed by atoms with E-state index in [9.17, 15) is 4.79 Å². The van der Waals surface area contributed by atoms with E-state index in [0.29, 0.717) is 5.69 Å². The number of H-pyrrole nitrogens is 1. The Kier molecular flexibility index (Phi) is 3.64. The van der Waals surface area contributed by atoms with Crippen LogP contribution < -0.4 is 5.43 Å². The average molecular weight is 333 g/mol. The number of rotatable bonds is 3. The Morgan fingerprint density at radius 3 is 3.10 bits per heavy atom. The van der Waals surface area contributed by atoms with E-state index in [1.54, 1.807) is 6.21 Å². The van der Waals surface area contributed by atoms with Crippen molar-refractivity contribution in [3.8, 4) is 0 Å². The molecule has 1 amide bonds. The third-order valence-electron chi connectivity index (χ3n) is 3.30. The first kappa shape index (κ1) is 13.1. The van der Waals surface area contributed by atoms with E-state index in [1.807, 2.05) is 24.3 Å². The van der Waals surface area contributed by atoms with Crippen molar-refractivity contribution in [1.29, 1.82) is 0 Å². The van der Waals surface area contributed by atoms with Gasteiger partial charge in [-0.1, -0.05) is 34.1 Å². The van der Waals surface area contributed by atoms with Crippen LogP contribution in [-0.2, 0) is 12.8 Å². The molecule has 1 aliphatic carbocycles. The first-order chi connectivity index (χ1) is 9.75. The highest BCUT2D eigenvalue weighted by atomic mass is 79.9. The van der Waals surface area contributed by atoms with Crippen molar-refractivity contribution in [3.63, 3.8) is 0 Å². The molecule has 102 valence electrons. The van der Waals surface area contributed by atoms with Crippen molar-refractivity contribution in [2.45, 2.75) is 19.3 Å². The third kappa shape index (κ3) is 2.51. The van der Waals surface area contributed by atoms with Crippen LogP contribution in [0.25, 0.3) is 0 Å². The molecule has 3 rings (SSSR count). The highest BCUT2D eigenvalue weighted by molar-refractivity contribution is 9.10. The molecule has 0 spiro atoms. The predicted molar refractivity (Wildman–Crippen MR) is 79.8 cm³/mol. The molecule has 0 saturated carbocycles. The monoisotopic (exact) mass is 332 g/mol. The molecule has 1 aliphatic rings. The van der Waals surface area contributed by atoms with Gasteiger partial charge in [0.15, 0.2) is 5.69 Å². The molecular weight excluding hydrogens is 320 g/mol. The predicted octanol–water partition coefficient (Wildman–Crippen LogP) is 2.42. The van der Waals surface area contributed by atoms with Gasteiger partial charge in [-0.05, 0) is 25.3 Å². The summed E-state index contributed by atoms with van der Waals surface area (Å²) in [5, 5.41) is 11.0. The zero-order chi connectivity index (χ0) is 13.9. The molecule has 2 aromatic rings. The molecule has 0 atom stereocenters. The topological polar surface area (TPSA) is 70.1 Å².